The number of hydrogen-bond acceptors (Lipinski definition) is 3. The second-order valence-corrected chi connectivity index (χ2v) is 7.89. The molecule has 0 atom stereocenters. The van der Waals surface area contributed by atoms with E-state index in [9.17, 15) is 4.57 Å². The van der Waals surface area contributed by atoms with Crippen LogP contribution in [0.25, 0.3) is 0 Å². The van der Waals surface area contributed by atoms with E-state index in [1.165, 1.54) is 12.7 Å². The summed E-state index contributed by atoms with van der Waals surface area (Å²) in [7, 11) is -0.128. The predicted octanol–water partition coefficient (Wildman–Crippen LogP) is 3.44. The largest absolute Gasteiger partial charge is 0.324 e. The van der Waals surface area contributed by atoms with Gasteiger partial charge in [-0.1, -0.05) is 37.3 Å². The second-order valence-electron chi connectivity index (χ2n) is 4.11. The van der Waals surface area contributed by atoms with Gasteiger partial charge in [-0.15, -0.1) is 0 Å². The lowest BCUT2D eigenvalue weighted by molar-refractivity contribution is -0.271. The van der Waals surface area contributed by atoms with E-state index in [4.69, 9.17) is 4.89 Å². The zero-order chi connectivity index (χ0) is 13.1. The molecular formula is C13H23O3P. The van der Waals surface area contributed by atoms with Crippen LogP contribution in [0, 0.1) is 0 Å². The molecule has 3 nitrogen and oxygen atoms in total. The van der Waals surface area contributed by atoms with Crippen molar-refractivity contribution in [3.05, 3.63) is 35.9 Å². The molecule has 0 fully saturated rings. The highest BCUT2D eigenvalue weighted by atomic mass is 31.2. The van der Waals surface area contributed by atoms with Crippen molar-refractivity contribution in [1.29, 1.82) is 0 Å². The number of rotatable bonds is 5. The Balaban J connectivity index is 0.000000366. The quantitative estimate of drug-likeness (QED) is 0.351. The van der Waals surface area contributed by atoms with Gasteiger partial charge in [-0.3, -0.25) is 0 Å². The molecule has 0 aromatic heterocycles. The summed E-state index contributed by atoms with van der Waals surface area (Å²) in [6.07, 6.45) is 1.72. The lowest BCUT2D eigenvalue weighted by atomic mass is 10.2. The van der Waals surface area contributed by atoms with Gasteiger partial charge >= 0.3 is 0 Å². The van der Waals surface area contributed by atoms with Crippen LogP contribution in [0.15, 0.2) is 30.3 Å². The van der Waals surface area contributed by atoms with Crippen LogP contribution in [0.3, 0.4) is 0 Å². The van der Waals surface area contributed by atoms with E-state index in [2.05, 4.69) is 17.0 Å². The van der Waals surface area contributed by atoms with Gasteiger partial charge in [0.1, 0.15) is 0 Å². The lowest BCUT2D eigenvalue weighted by Gasteiger charge is -1.99. The van der Waals surface area contributed by atoms with E-state index in [1.54, 1.807) is 13.3 Å². The van der Waals surface area contributed by atoms with Crippen LogP contribution in [-0.2, 0) is 20.8 Å². The van der Waals surface area contributed by atoms with Gasteiger partial charge < -0.3 is 4.57 Å². The highest BCUT2D eigenvalue weighted by Gasteiger charge is 1.98. The molecule has 0 unspecified atom stereocenters. The minimum Gasteiger partial charge on any atom is -0.324 e. The first-order valence-electron chi connectivity index (χ1n) is 5.73. The summed E-state index contributed by atoms with van der Waals surface area (Å²) in [4.78, 5) is 9.20. The summed E-state index contributed by atoms with van der Waals surface area (Å²) < 4.78 is 10.6. The molecule has 0 saturated carbocycles. The van der Waals surface area contributed by atoms with Gasteiger partial charge in [-0.25, -0.2) is 9.78 Å². The molecule has 0 heterocycles. The summed E-state index contributed by atoms with van der Waals surface area (Å²) in [5.74, 6) is 0. The molecule has 0 amide bonds. The predicted molar refractivity (Wildman–Crippen MR) is 73.1 cm³/mol. The van der Waals surface area contributed by atoms with E-state index < -0.39 is 7.14 Å². The first kappa shape index (κ1) is 16.4. The normalized spacial score (nSPS) is 10.6. The van der Waals surface area contributed by atoms with Crippen LogP contribution in [0.1, 0.15) is 12.5 Å². The van der Waals surface area contributed by atoms with Crippen molar-refractivity contribution < 1.29 is 14.3 Å². The van der Waals surface area contributed by atoms with Crippen LogP contribution in [-0.4, -0.2) is 33.2 Å². The van der Waals surface area contributed by atoms with E-state index in [1.807, 2.05) is 25.1 Å². The average molecular weight is 258 g/mol. The molecule has 1 rings (SSSR count). The van der Waals surface area contributed by atoms with Gasteiger partial charge in [0, 0.05) is 0 Å². The zero-order valence-corrected chi connectivity index (χ0v) is 12.1. The van der Waals surface area contributed by atoms with Gasteiger partial charge in [0.05, 0.1) is 20.9 Å². The Labute approximate surface area is 104 Å². The molecule has 0 aliphatic heterocycles. The first-order valence-corrected chi connectivity index (χ1v) is 8.51. The van der Waals surface area contributed by atoms with Gasteiger partial charge in [-0.05, 0) is 31.5 Å². The molecule has 0 bridgehead atoms. The molecule has 1 aromatic rings. The summed E-state index contributed by atoms with van der Waals surface area (Å²) in [6.45, 7) is 6.15. The molecule has 17 heavy (non-hydrogen) atoms. The monoisotopic (exact) mass is 258 g/mol. The second kappa shape index (κ2) is 9.41. The van der Waals surface area contributed by atoms with Gasteiger partial charge in [0.25, 0.3) is 0 Å². The van der Waals surface area contributed by atoms with Gasteiger partial charge in [0.2, 0.25) is 0 Å². The van der Waals surface area contributed by atoms with E-state index in [0.717, 1.165) is 12.6 Å². The molecule has 0 radical (unpaired) electrons. The Bertz CT molecular complexity index is 319. The van der Waals surface area contributed by atoms with Crippen molar-refractivity contribution in [2.75, 3.05) is 33.2 Å². The standard InChI is InChI=1S/C9H12O2.C4H11OP/c1-10-11-8-7-9-5-3-2-4-6-9;1-4-6(2,3)5/h2-6H,7-8H2,1H3;4H2,1-3H3. The first-order chi connectivity index (χ1) is 7.99. The Morgan fingerprint density at radius 3 is 2.12 bits per heavy atom. The fraction of sp³-hybridized carbons (Fsp3) is 0.538. The SMILES string of the molecule is CCP(C)(C)=O.COOCCc1ccccc1. The minimum atomic E-state index is -1.65. The molecule has 0 aliphatic carbocycles. The van der Waals surface area contributed by atoms with E-state index >= 15 is 0 Å². The average Bonchev–Trinajstić information content (AvgIpc) is 2.31. The van der Waals surface area contributed by atoms with Crippen LogP contribution < -0.4 is 0 Å². The highest BCUT2D eigenvalue weighted by molar-refractivity contribution is 7.62. The maximum atomic E-state index is 10.6. The minimum absolute atomic E-state index is 0.612. The Hall–Kier alpha value is -0.630. The fourth-order valence-corrected chi connectivity index (χ4v) is 0.888. The molecule has 0 aliphatic rings. The molecule has 0 N–H and O–H groups in total. The zero-order valence-electron chi connectivity index (χ0n) is 11.2. The molecular weight excluding hydrogens is 235 g/mol. The maximum Gasteiger partial charge on any atom is 0.0862 e. The smallest absolute Gasteiger partial charge is 0.0862 e. The third-order valence-electron chi connectivity index (χ3n) is 2.20. The Morgan fingerprint density at radius 2 is 1.71 bits per heavy atom. The van der Waals surface area contributed by atoms with E-state index in [0.29, 0.717) is 6.61 Å². The Kier molecular flexibility index (Phi) is 9.06. The van der Waals surface area contributed by atoms with Crippen LogP contribution in [0.2, 0.25) is 0 Å². The van der Waals surface area contributed by atoms with Crippen molar-refractivity contribution in [1.82, 2.24) is 0 Å². The van der Waals surface area contributed by atoms with Crippen molar-refractivity contribution in [2.24, 2.45) is 0 Å². The fourth-order valence-electron chi connectivity index (χ4n) is 0.888. The van der Waals surface area contributed by atoms with Crippen molar-refractivity contribution in [3.8, 4) is 0 Å². The van der Waals surface area contributed by atoms with Crippen LogP contribution in [0.5, 0.6) is 0 Å². The number of benzene rings is 1. The summed E-state index contributed by atoms with van der Waals surface area (Å²) in [5, 5.41) is 0. The third kappa shape index (κ3) is 11.6. The molecule has 4 heteroatoms. The summed E-state index contributed by atoms with van der Waals surface area (Å²) in [5.41, 5.74) is 1.27. The Morgan fingerprint density at radius 1 is 1.18 bits per heavy atom. The lowest BCUT2D eigenvalue weighted by Crippen LogP contribution is -1.96. The molecule has 0 spiro atoms. The summed E-state index contributed by atoms with van der Waals surface area (Å²) in [6, 6.07) is 10.2. The summed E-state index contributed by atoms with van der Waals surface area (Å²) >= 11 is 0. The van der Waals surface area contributed by atoms with Gasteiger partial charge in [-0.2, -0.15) is 0 Å². The third-order valence-corrected chi connectivity index (χ3v) is 3.72. The van der Waals surface area contributed by atoms with Crippen molar-refractivity contribution >= 4 is 7.14 Å². The van der Waals surface area contributed by atoms with E-state index in [-0.39, 0.29) is 0 Å². The van der Waals surface area contributed by atoms with Crippen molar-refractivity contribution in [2.45, 2.75) is 13.3 Å². The highest BCUT2D eigenvalue weighted by Crippen LogP contribution is 2.34. The molecule has 98 valence electrons. The molecule has 1 aromatic carbocycles. The topological polar surface area (TPSA) is 35.5 Å². The van der Waals surface area contributed by atoms with Crippen LogP contribution >= 0.6 is 7.14 Å². The molecule has 0 saturated heterocycles. The van der Waals surface area contributed by atoms with Crippen molar-refractivity contribution in [3.63, 3.8) is 0 Å². The van der Waals surface area contributed by atoms with Gasteiger partial charge in [0.15, 0.2) is 0 Å². The maximum absolute atomic E-state index is 10.6. The van der Waals surface area contributed by atoms with Crippen LogP contribution in [0.4, 0.5) is 0 Å². The number of hydrogen-bond donors (Lipinski definition) is 0.